The molecule has 1 fully saturated rings. The Labute approximate surface area is 153 Å². The lowest BCUT2D eigenvalue weighted by Gasteiger charge is -2.36. The maximum Gasteiger partial charge on any atom is 0.411 e. The number of hydrogen-bond donors (Lipinski definition) is 1. The lowest BCUT2D eigenvalue weighted by atomic mass is 9.86. The number of carboxylic acid groups (broad SMARTS) is 1. The predicted octanol–water partition coefficient (Wildman–Crippen LogP) is 4.24. The third-order valence-electron chi connectivity index (χ3n) is 4.86. The zero-order chi connectivity index (χ0) is 18.9. The van der Waals surface area contributed by atoms with E-state index in [1.54, 1.807) is 20.8 Å². The fraction of sp³-hybridized carbons (Fsp3) is 0.429. The summed E-state index contributed by atoms with van der Waals surface area (Å²) in [5.74, 6) is -0.978. The van der Waals surface area contributed by atoms with Crippen molar-refractivity contribution >= 4 is 22.8 Å². The van der Waals surface area contributed by atoms with Crippen LogP contribution in [0.25, 0.3) is 10.8 Å². The number of likely N-dealkylation sites (tertiary alicyclic amines) is 1. The molecule has 0 spiro atoms. The number of rotatable bonds is 3. The Hall–Kier alpha value is -2.56. The second-order valence-electron chi connectivity index (χ2n) is 7.89. The minimum Gasteiger partial charge on any atom is -0.479 e. The predicted molar refractivity (Wildman–Crippen MR) is 100 cm³/mol. The molecule has 1 aliphatic heterocycles. The van der Waals surface area contributed by atoms with E-state index in [4.69, 9.17) is 4.74 Å². The molecule has 5 heteroatoms. The van der Waals surface area contributed by atoms with E-state index < -0.39 is 23.2 Å². The molecule has 0 bridgehead atoms. The van der Waals surface area contributed by atoms with Gasteiger partial charge in [-0.05, 0) is 49.9 Å². The maximum absolute atomic E-state index is 12.7. The second kappa shape index (κ2) is 6.63. The zero-order valence-corrected chi connectivity index (χ0v) is 15.5. The van der Waals surface area contributed by atoms with Crippen LogP contribution in [0.2, 0.25) is 0 Å². The van der Waals surface area contributed by atoms with Gasteiger partial charge in [-0.25, -0.2) is 9.59 Å². The average molecular weight is 355 g/mol. The first-order chi connectivity index (χ1) is 12.2. The van der Waals surface area contributed by atoms with Crippen molar-refractivity contribution in [2.24, 2.45) is 0 Å². The minimum atomic E-state index is -1.27. The summed E-state index contributed by atoms with van der Waals surface area (Å²) >= 11 is 0. The normalized spacial score (nSPS) is 20.3. The molecule has 2 aromatic carbocycles. The van der Waals surface area contributed by atoms with Crippen LogP contribution in [0.1, 0.15) is 39.2 Å². The van der Waals surface area contributed by atoms with Crippen LogP contribution >= 0.6 is 0 Å². The largest absolute Gasteiger partial charge is 0.479 e. The van der Waals surface area contributed by atoms with Gasteiger partial charge in [0, 0.05) is 13.0 Å². The van der Waals surface area contributed by atoms with Gasteiger partial charge < -0.3 is 9.84 Å². The highest BCUT2D eigenvalue weighted by Crippen LogP contribution is 2.36. The standard InChI is InChI=1S/C21H25NO4/c1-20(2,3)26-19(25)22-13-7-12-21(22,18(23)24)14-16-10-6-9-15-8-4-5-11-17(15)16/h4-6,8-11H,7,12-14H2,1-3H3,(H,23,24)/t21-/m0/s1. The second-order valence-corrected chi connectivity index (χ2v) is 7.89. The van der Waals surface area contributed by atoms with Crippen LogP contribution < -0.4 is 0 Å². The first-order valence-electron chi connectivity index (χ1n) is 8.94. The number of ether oxygens (including phenoxy) is 1. The van der Waals surface area contributed by atoms with Crippen molar-refractivity contribution in [2.45, 2.75) is 51.2 Å². The molecule has 0 aromatic heterocycles. The lowest BCUT2D eigenvalue weighted by Crippen LogP contribution is -2.55. The molecule has 0 unspecified atom stereocenters. The molecule has 138 valence electrons. The van der Waals surface area contributed by atoms with Crippen molar-refractivity contribution in [3.05, 3.63) is 48.0 Å². The van der Waals surface area contributed by atoms with Crippen molar-refractivity contribution < 1.29 is 19.4 Å². The van der Waals surface area contributed by atoms with Gasteiger partial charge in [0.05, 0.1) is 0 Å². The van der Waals surface area contributed by atoms with E-state index in [1.165, 1.54) is 4.90 Å². The number of carbonyl (C=O) groups is 2. The summed E-state index contributed by atoms with van der Waals surface area (Å²) in [5.41, 5.74) is -1.00. The number of carbonyl (C=O) groups excluding carboxylic acids is 1. The van der Waals surface area contributed by atoms with Crippen molar-refractivity contribution in [3.8, 4) is 0 Å². The summed E-state index contributed by atoms with van der Waals surface area (Å²) < 4.78 is 5.48. The summed E-state index contributed by atoms with van der Waals surface area (Å²) in [7, 11) is 0. The van der Waals surface area contributed by atoms with Gasteiger partial charge >= 0.3 is 12.1 Å². The average Bonchev–Trinajstić information content (AvgIpc) is 2.99. The summed E-state index contributed by atoms with van der Waals surface area (Å²) in [4.78, 5) is 26.4. The van der Waals surface area contributed by atoms with Crippen LogP contribution in [-0.2, 0) is 16.0 Å². The van der Waals surface area contributed by atoms with E-state index in [0.29, 0.717) is 19.4 Å². The molecule has 1 atom stereocenters. The molecule has 1 N–H and O–H groups in total. The van der Waals surface area contributed by atoms with Crippen molar-refractivity contribution in [1.29, 1.82) is 0 Å². The fourth-order valence-corrected chi connectivity index (χ4v) is 3.71. The lowest BCUT2D eigenvalue weighted by molar-refractivity contribution is -0.149. The molecule has 1 amide bonds. The third kappa shape index (κ3) is 3.39. The van der Waals surface area contributed by atoms with Crippen LogP contribution in [0.5, 0.6) is 0 Å². The van der Waals surface area contributed by atoms with E-state index >= 15 is 0 Å². The Bertz CT molecular complexity index is 834. The molecule has 1 heterocycles. The van der Waals surface area contributed by atoms with Crippen LogP contribution in [0.3, 0.4) is 0 Å². The first-order valence-corrected chi connectivity index (χ1v) is 8.94. The zero-order valence-electron chi connectivity index (χ0n) is 15.5. The Morgan fingerprint density at radius 3 is 2.54 bits per heavy atom. The molecule has 0 radical (unpaired) electrons. The van der Waals surface area contributed by atoms with E-state index in [0.717, 1.165) is 16.3 Å². The molecule has 26 heavy (non-hydrogen) atoms. The highest BCUT2D eigenvalue weighted by atomic mass is 16.6. The van der Waals surface area contributed by atoms with Gasteiger partial charge in [0.15, 0.2) is 0 Å². The van der Waals surface area contributed by atoms with Gasteiger partial charge in [0.1, 0.15) is 11.1 Å². The number of carboxylic acids is 1. The quantitative estimate of drug-likeness (QED) is 0.894. The van der Waals surface area contributed by atoms with Gasteiger partial charge in [-0.3, -0.25) is 4.90 Å². The first kappa shape index (κ1) is 18.2. The molecule has 5 nitrogen and oxygen atoms in total. The summed E-state index contributed by atoms with van der Waals surface area (Å²) in [6, 6.07) is 13.8. The molecule has 1 saturated heterocycles. The smallest absolute Gasteiger partial charge is 0.411 e. The molecular formula is C21H25NO4. The minimum absolute atomic E-state index is 0.267. The fourth-order valence-electron chi connectivity index (χ4n) is 3.71. The van der Waals surface area contributed by atoms with Crippen LogP contribution in [0.15, 0.2) is 42.5 Å². The number of nitrogens with zero attached hydrogens (tertiary/aromatic N) is 1. The topological polar surface area (TPSA) is 66.8 Å². The third-order valence-corrected chi connectivity index (χ3v) is 4.86. The Morgan fingerprint density at radius 1 is 1.15 bits per heavy atom. The van der Waals surface area contributed by atoms with Crippen molar-refractivity contribution in [1.82, 2.24) is 4.90 Å². The number of benzene rings is 2. The molecule has 1 aliphatic rings. The molecular weight excluding hydrogens is 330 g/mol. The number of fused-ring (bicyclic) bond motifs is 1. The SMILES string of the molecule is CC(C)(C)OC(=O)N1CCC[C@]1(Cc1cccc2ccccc12)C(=O)O. The Kier molecular flexibility index (Phi) is 4.65. The van der Waals surface area contributed by atoms with Crippen molar-refractivity contribution in [3.63, 3.8) is 0 Å². The summed E-state index contributed by atoms with van der Waals surface area (Å²) in [6.45, 7) is 5.75. The number of amides is 1. The van der Waals surface area contributed by atoms with E-state index in [-0.39, 0.29) is 6.42 Å². The molecule has 0 aliphatic carbocycles. The van der Waals surface area contributed by atoms with Crippen molar-refractivity contribution in [2.75, 3.05) is 6.54 Å². The molecule has 0 saturated carbocycles. The van der Waals surface area contributed by atoms with Gasteiger partial charge in [0.25, 0.3) is 0 Å². The van der Waals surface area contributed by atoms with Crippen LogP contribution in [-0.4, -0.2) is 39.8 Å². The van der Waals surface area contributed by atoms with E-state index in [2.05, 4.69) is 0 Å². The Balaban J connectivity index is 1.99. The molecule has 3 rings (SSSR count). The highest BCUT2D eigenvalue weighted by molar-refractivity contribution is 5.89. The van der Waals surface area contributed by atoms with Crippen LogP contribution in [0.4, 0.5) is 4.79 Å². The maximum atomic E-state index is 12.7. The van der Waals surface area contributed by atoms with Gasteiger partial charge in [0.2, 0.25) is 0 Å². The van der Waals surface area contributed by atoms with Gasteiger partial charge in [-0.2, -0.15) is 0 Å². The highest BCUT2D eigenvalue weighted by Gasteiger charge is 2.51. The summed E-state index contributed by atoms with van der Waals surface area (Å²) in [5, 5.41) is 12.1. The van der Waals surface area contributed by atoms with E-state index in [9.17, 15) is 14.7 Å². The monoisotopic (exact) mass is 355 g/mol. The van der Waals surface area contributed by atoms with Gasteiger partial charge in [-0.15, -0.1) is 0 Å². The van der Waals surface area contributed by atoms with E-state index in [1.807, 2.05) is 42.5 Å². The number of aliphatic carboxylic acids is 1. The van der Waals surface area contributed by atoms with Crippen LogP contribution in [0, 0.1) is 0 Å². The van der Waals surface area contributed by atoms with Gasteiger partial charge in [-0.1, -0.05) is 42.5 Å². The summed E-state index contributed by atoms with van der Waals surface area (Å²) in [6.07, 6.45) is 0.780. The Morgan fingerprint density at radius 2 is 1.85 bits per heavy atom. The molecule has 2 aromatic rings. The number of hydrogen-bond acceptors (Lipinski definition) is 3.